The van der Waals surface area contributed by atoms with Gasteiger partial charge in [0.1, 0.15) is 5.60 Å². The van der Waals surface area contributed by atoms with E-state index in [4.69, 9.17) is 13.8 Å². The van der Waals surface area contributed by atoms with Crippen LogP contribution in [0.2, 0.25) is 0 Å². The molecular weight excluding hydrogens is 283 g/mol. The number of carbonyl (C=O) groups is 1. The minimum absolute atomic E-state index is 0.319. The van der Waals surface area contributed by atoms with E-state index in [-0.39, 0.29) is 0 Å². The average molecular weight is 310 g/mol. The number of nitrogens with one attached hydrogen (secondary N) is 2. The molecule has 0 saturated heterocycles. The Bertz CT molecular complexity index is 322. The van der Waals surface area contributed by atoms with Gasteiger partial charge in [0, 0.05) is 27.3 Å². The highest BCUT2D eigenvalue weighted by molar-refractivity contribution is 7.53. The zero-order chi connectivity index (χ0) is 15.6. The molecule has 0 fully saturated rings. The topological polar surface area (TPSA) is 85.9 Å². The van der Waals surface area contributed by atoms with E-state index in [1.54, 1.807) is 0 Å². The van der Waals surface area contributed by atoms with Gasteiger partial charge >= 0.3 is 13.7 Å². The van der Waals surface area contributed by atoms with Gasteiger partial charge in [-0.2, -0.15) is 0 Å². The normalized spacial score (nSPS) is 12.2. The number of alkyl carbamates (subject to hydrolysis) is 1. The Labute approximate surface area is 121 Å². The summed E-state index contributed by atoms with van der Waals surface area (Å²) in [5.41, 5.74) is -0.482. The zero-order valence-electron chi connectivity index (χ0n) is 13.0. The molecule has 0 bridgehead atoms. The summed E-state index contributed by atoms with van der Waals surface area (Å²) in [6.07, 6.45) is 0.656. The number of hydrogen-bond donors (Lipinski definition) is 2. The molecule has 0 radical (unpaired) electrons. The van der Waals surface area contributed by atoms with E-state index in [2.05, 4.69) is 10.6 Å². The molecule has 8 heteroatoms. The first-order valence-electron chi connectivity index (χ1n) is 6.60. The summed E-state index contributed by atoms with van der Waals surface area (Å²) in [6, 6.07) is 0. The molecule has 20 heavy (non-hydrogen) atoms. The van der Waals surface area contributed by atoms with E-state index >= 15 is 0 Å². The number of rotatable bonds is 9. The second-order valence-electron chi connectivity index (χ2n) is 5.23. The van der Waals surface area contributed by atoms with Gasteiger partial charge in [0.2, 0.25) is 0 Å². The van der Waals surface area contributed by atoms with Crippen molar-refractivity contribution < 1.29 is 23.1 Å². The van der Waals surface area contributed by atoms with Crippen LogP contribution in [0.15, 0.2) is 0 Å². The molecule has 0 heterocycles. The van der Waals surface area contributed by atoms with Gasteiger partial charge in [-0.05, 0) is 33.7 Å². The first-order chi connectivity index (χ1) is 9.22. The first kappa shape index (κ1) is 19.4. The lowest BCUT2D eigenvalue weighted by atomic mass is 10.2. The predicted octanol–water partition coefficient (Wildman–Crippen LogP) is 1.98. The maximum Gasteiger partial charge on any atom is 0.407 e. The molecule has 7 nitrogen and oxygen atoms in total. The van der Waals surface area contributed by atoms with Crippen molar-refractivity contribution in [3.05, 3.63) is 0 Å². The second-order valence-corrected chi connectivity index (χ2v) is 7.63. The predicted molar refractivity (Wildman–Crippen MR) is 78.2 cm³/mol. The maximum absolute atomic E-state index is 11.7. The average Bonchev–Trinajstić information content (AvgIpc) is 2.35. The third-order valence-corrected chi connectivity index (χ3v) is 4.20. The molecule has 0 unspecified atom stereocenters. The minimum atomic E-state index is -2.93. The van der Waals surface area contributed by atoms with E-state index < -0.39 is 19.3 Å². The standard InChI is InChI=1S/C12H27N2O5P/c1-12(2,3)19-11(15)14-8-6-7-13-9-10-20(16,17-4)18-5/h13H,6-10H2,1-5H3,(H,14,15). The van der Waals surface area contributed by atoms with Crippen molar-refractivity contribution in [3.63, 3.8) is 0 Å². The van der Waals surface area contributed by atoms with Gasteiger partial charge < -0.3 is 24.4 Å². The van der Waals surface area contributed by atoms with Crippen molar-refractivity contribution in [2.75, 3.05) is 40.0 Å². The molecular formula is C12H27N2O5P. The first-order valence-corrected chi connectivity index (χ1v) is 8.33. The number of hydrogen-bond acceptors (Lipinski definition) is 6. The van der Waals surface area contributed by atoms with Crippen molar-refractivity contribution in [1.29, 1.82) is 0 Å². The summed E-state index contributed by atoms with van der Waals surface area (Å²) in [5, 5.41) is 5.77. The number of amides is 1. The molecule has 120 valence electrons. The summed E-state index contributed by atoms with van der Waals surface area (Å²) in [7, 11) is -0.188. The lowest BCUT2D eigenvalue weighted by Gasteiger charge is -2.19. The molecule has 0 spiro atoms. The van der Waals surface area contributed by atoms with Crippen LogP contribution in [0.4, 0.5) is 4.79 Å². The molecule has 0 rings (SSSR count). The Morgan fingerprint density at radius 1 is 1.10 bits per heavy atom. The van der Waals surface area contributed by atoms with Crippen molar-refractivity contribution in [2.24, 2.45) is 0 Å². The van der Waals surface area contributed by atoms with Crippen LogP contribution in [0.1, 0.15) is 27.2 Å². The molecule has 1 amide bonds. The molecule has 0 aromatic heterocycles. The molecule has 0 aliphatic carbocycles. The molecule has 0 saturated carbocycles. The summed E-state index contributed by atoms with van der Waals surface area (Å²) < 4.78 is 26.4. The third kappa shape index (κ3) is 10.2. The molecule has 0 aliphatic rings. The maximum atomic E-state index is 11.7. The monoisotopic (exact) mass is 310 g/mol. The lowest BCUT2D eigenvalue weighted by molar-refractivity contribution is 0.0527. The van der Waals surface area contributed by atoms with Gasteiger partial charge in [0.05, 0.1) is 6.16 Å². The Balaban J connectivity index is 3.55. The summed E-state index contributed by atoms with van der Waals surface area (Å²) in [6.45, 7) is 7.21. The largest absolute Gasteiger partial charge is 0.444 e. The van der Waals surface area contributed by atoms with E-state index in [0.717, 1.165) is 6.42 Å². The Morgan fingerprint density at radius 2 is 1.70 bits per heavy atom. The zero-order valence-corrected chi connectivity index (χ0v) is 13.9. The van der Waals surface area contributed by atoms with Gasteiger partial charge in [-0.3, -0.25) is 4.57 Å². The Hall–Kier alpha value is -0.620. The van der Waals surface area contributed by atoms with Crippen molar-refractivity contribution in [2.45, 2.75) is 32.8 Å². The van der Waals surface area contributed by atoms with Crippen molar-refractivity contribution >= 4 is 13.7 Å². The second kappa shape index (κ2) is 9.34. The van der Waals surface area contributed by atoms with Crippen LogP contribution in [0, 0.1) is 0 Å². The van der Waals surface area contributed by atoms with Crippen LogP contribution >= 0.6 is 7.60 Å². The van der Waals surface area contributed by atoms with E-state index in [1.807, 2.05) is 20.8 Å². The van der Waals surface area contributed by atoms with Gasteiger partial charge in [-0.15, -0.1) is 0 Å². The van der Waals surface area contributed by atoms with E-state index in [0.29, 0.717) is 25.8 Å². The van der Waals surface area contributed by atoms with Crippen LogP contribution in [-0.4, -0.2) is 51.7 Å². The third-order valence-electron chi connectivity index (χ3n) is 2.32. The van der Waals surface area contributed by atoms with Crippen molar-refractivity contribution in [3.8, 4) is 0 Å². The fraction of sp³-hybridized carbons (Fsp3) is 0.917. The molecule has 0 aromatic rings. The lowest BCUT2D eigenvalue weighted by Crippen LogP contribution is -2.34. The molecule has 0 aromatic carbocycles. The van der Waals surface area contributed by atoms with Crippen LogP contribution in [0.25, 0.3) is 0 Å². The summed E-state index contributed by atoms with van der Waals surface area (Å²) in [4.78, 5) is 11.3. The number of carbonyl (C=O) groups excluding carboxylic acids is 1. The summed E-state index contributed by atoms with van der Waals surface area (Å²) >= 11 is 0. The minimum Gasteiger partial charge on any atom is -0.444 e. The molecule has 2 N–H and O–H groups in total. The molecule has 0 atom stereocenters. The Kier molecular flexibility index (Phi) is 9.05. The van der Waals surface area contributed by atoms with Crippen LogP contribution in [0.3, 0.4) is 0 Å². The highest BCUT2D eigenvalue weighted by atomic mass is 31.2. The highest BCUT2D eigenvalue weighted by Gasteiger charge is 2.19. The highest BCUT2D eigenvalue weighted by Crippen LogP contribution is 2.45. The SMILES string of the molecule is COP(=O)(CCNCCCNC(=O)OC(C)(C)C)OC. The van der Waals surface area contributed by atoms with Gasteiger partial charge in [-0.25, -0.2) is 4.79 Å². The van der Waals surface area contributed by atoms with Crippen LogP contribution < -0.4 is 10.6 Å². The van der Waals surface area contributed by atoms with Gasteiger partial charge in [0.25, 0.3) is 0 Å². The van der Waals surface area contributed by atoms with E-state index in [9.17, 15) is 9.36 Å². The summed E-state index contributed by atoms with van der Waals surface area (Å²) in [5.74, 6) is 0. The van der Waals surface area contributed by atoms with Gasteiger partial charge in [0.15, 0.2) is 0 Å². The van der Waals surface area contributed by atoms with E-state index in [1.165, 1.54) is 14.2 Å². The fourth-order valence-corrected chi connectivity index (χ4v) is 2.26. The fourth-order valence-electron chi connectivity index (χ4n) is 1.32. The van der Waals surface area contributed by atoms with Crippen molar-refractivity contribution in [1.82, 2.24) is 10.6 Å². The van der Waals surface area contributed by atoms with Gasteiger partial charge in [-0.1, -0.05) is 0 Å². The smallest absolute Gasteiger partial charge is 0.407 e. The quantitative estimate of drug-likeness (QED) is 0.500. The number of ether oxygens (including phenoxy) is 1. The molecule has 0 aliphatic heterocycles. The van der Waals surface area contributed by atoms with Crippen LogP contribution in [0.5, 0.6) is 0 Å². The van der Waals surface area contributed by atoms with Crippen LogP contribution in [-0.2, 0) is 18.3 Å². The Morgan fingerprint density at radius 3 is 2.20 bits per heavy atom.